The van der Waals surface area contributed by atoms with Crippen LogP contribution in [-0.4, -0.2) is 44.8 Å². The molecule has 0 aliphatic rings. The lowest BCUT2D eigenvalue weighted by Gasteiger charge is -2.11. The molecule has 0 radical (unpaired) electrons. The predicted molar refractivity (Wildman–Crippen MR) is 123 cm³/mol. The highest BCUT2D eigenvalue weighted by atomic mass is 35.5. The van der Waals surface area contributed by atoms with Gasteiger partial charge in [0.15, 0.2) is 11.2 Å². The average Bonchev–Trinajstić information content (AvgIpc) is 3.18. The first-order chi connectivity index (χ1) is 15.5. The van der Waals surface area contributed by atoms with Gasteiger partial charge in [-0.2, -0.15) is 4.98 Å². The molecule has 32 heavy (non-hydrogen) atoms. The lowest BCUT2D eigenvalue weighted by Crippen LogP contribution is -2.41. The van der Waals surface area contributed by atoms with Gasteiger partial charge in [0.1, 0.15) is 6.61 Å². The summed E-state index contributed by atoms with van der Waals surface area (Å²) < 4.78 is 7.95. The van der Waals surface area contributed by atoms with Gasteiger partial charge in [-0.15, -0.1) is 0 Å². The van der Waals surface area contributed by atoms with Crippen molar-refractivity contribution in [1.82, 2.24) is 24.4 Å². The minimum absolute atomic E-state index is 0.0231. The average molecular weight is 462 g/mol. The molecule has 9 nitrogen and oxygen atoms in total. The molecule has 2 N–H and O–H groups in total. The highest BCUT2D eigenvalue weighted by Crippen LogP contribution is 2.10. The van der Waals surface area contributed by atoms with E-state index in [0.29, 0.717) is 13.1 Å². The van der Waals surface area contributed by atoms with Crippen molar-refractivity contribution in [3.8, 4) is 0 Å². The number of carbonyl (C=O) groups excluding carboxylic acids is 1. The summed E-state index contributed by atoms with van der Waals surface area (Å²) >= 11 is 5.94. The summed E-state index contributed by atoms with van der Waals surface area (Å²) in [6, 6.07) is 9.85. The minimum atomic E-state index is -0.507. The zero-order valence-electron chi connectivity index (χ0n) is 18.1. The van der Waals surface area contributed by atoms with Crippen molar-refractivity contribution in [2.45, 2.75) is 45.7 Å². The number of carbonyl (C=O) groups is 1. The molecule has 3 rings (SSSR count). The number of benzene rings is 1. The standard InChI is InChI=1S/C22H28ClN5O4/c1-2-3-7-12-27-19-18(25-21(23)26-19)20(30)28(22(27)31)13-14-32-15-17(29)24-11-10-16-8-5-4-6-9-16/h4-6,8-9H,2-3,7,10-15H2,1H3,(H,24,29)(H,25,26). The van der Waals surface area contributed by atoms with E-state index in [1.54, 1.807) is 0 Å². The topological polar surface area (TPSA) is 111 Å². The number of hydrogen-bond acceptors (Lipinski definition) is 5. The fourth-order valence-electron chi connectivity index (χ4n) is 3.42. The summed E-state index contributed by atoms with van der Waals surface area (Å²) in [7, 11) is 0. The molecule has 0 saturated heterocycles. The second kappa shape index (κ2) is 11.6. The van der Waals surface area contributed by atoms with Crippen LogP contribution in [0.1, 0.15) is 31.7 Å². The number of unbranched alkanes of at least 4 members (excludes halogenated alkanes) is 2. The minimum Gasteiger partial charge on any atom is -0.370 e. The first kappa shape index (κ1) is 23.7. The number of H-pyrrole nitrogens is 1. The van der Waals surface area contributed by atoms with Crippen LogP contribution in [0.25, 0.3) is 11.2 Å². The predicted octanol–water partition coefficient (Wildman–Crippen LogP) is 2.11. The number of imidazole rings is 1. The maximum Gasteiger partial charge on any atom is 0.332 e. The number of halogens is 1. The van der Waals surface area contributed by atoms with Gasteiger partial charge in [-0.3, -0.25) is 18.7 Å². The number of amides is 1. The monoisotopic (exact) mass is 461 g/mol. The van der Waals surface area contributed by atoms with Crippen LogP contribution < -0.4 is 16.6 Å². The number of ether oxygens (including phenoxy) is 1. The number of rotatable bonds is 12. The quantitative estimate of drug-likeness (QED) is 0.317. The van der Waals surface area contributed by atoms with E-state index in [2.05, 4.69) is 22.2 Å². The third-order valence-corrected chi connectivity index (χ3v) is 5.27. The van der Waals surface area contributed by atoms with Crippen LogP contribution in [0.4, 0.5) is 0 Å². The van der Waals surface area contributed by atoms with Gasteiger partial charge in [0.05, 0.1) is 13.2 Å². The van der Waals surface area contributed by atoms with Gasteiger partial charge < -0.3 is 15.0 Å². The van der Waals surface area contributed by atoms with Crippen molar-refractivity contribution in [2.24, 2.45) is 0 Å². The Bertz CT molecular complexity index is 1150. The van der Waals surface area contributed by atoms with Crippen LogP contribution in [0.2, 0.25) is 5.28 Å². The van der Waals surface area contributed by atoms with E-state index >= 15 is 0 Å². The Kier molecular flexibility index (Phi) is 8.64. The van der Waals surface area contributed by atoms with Crippen LogP contribution in [0.5, 0.6) is 0 Å². The largest absolute Gasteiger partial charge is 0.370 e. The molecule has 1 amide bonds. The third kappa shape index (κ3) is 6.08. The van der Waals surface area contributed by atoms with Crippen molar-refractivity contribution in [3.63, 3.8) is 0 Å². The highest BCUT2D eigenvalue weighted by Gasteiger charge is 2.16. The normalized spacial score (nSPS) is 11.2. The molecule has 0 bridgehead atoms. The lowest BCUT2D eigenvalue weighted by molar-refractivity contribution is -0.125. The molecule has 0 aliphatic heterocycles. The van der Waals surface area contributed by atoms with Gasteiger partial charge in [0, 0.05) is 13.1 Å². The molecule has 0 spiro atoms. The van der Waals surface area contributed by atoms with Crippen molar-refractivity contribution < 1.29 is 9.53 Å². The van der Waals surface area contributed by atoms with E-state index in [4.69, 9.17) is 16.3 Å². The number of hydrogen-bond donors (Lipinski definition) is 2. The van der Waals surface area contributed by atoms with Gasteiger partial charge >= 0.3 is 5.69 Å². The van der Waals surface area contributed by atoms with E-state index in [1.165, 1.54) is 4.57 Å². The smallest absolute Gasteiger partial charge is 0.332 e. The van der Waals surface area contributed by atoms with Crippen LogP contribution in [0.3, 0.4) is 0 Å². The Morgan fingerprint density at radius 2 is 1.94 bits per heavy atom. The second-order valence-electron chi connectivity index (χ2n) is 7.46. The maximum absolute atomic E-state index is 12.9. The Morgan fingerprint density at radius 1 is 1.16 bits per heavy atom. The van der Waals surface area contributed by atoms with Gasteiger partial charge in [-0.25, -0.2) is 4.79 Å². The molecule has 2 heterocycles. The molecule has 10 heteroatoms. The number of aromatic nitrogens is 4. The van der Waals surface area contributed by atoms with Crippen LogP contribution in [0, 0.1) is 0 Å². The first-order valence-electron chi connectivity index (χ1n) is 10.8. The summed E-state index contributed by atoms with van der Waals surface area (Å²) in [4.78, 5) is 44.4. The zero-order valence-corrected chi connectivity index (χ0v) is 18.9. The van der Waals surface area contributed by atoms with Crippen LogP contribution >= 0.6 is 11.6 Å². The van der Waals surface area contributed by atoms with E-state index in [0.717, 1.165) is 35.8 Å². The summed E-state index contributed by atoms with van der Waals surface area (Å²) in [6.07, 6.45) is 3.47. The van der Waals surface area contributed by atoms with Gasteiger partial charge in [0.25, 0.3) is 5.56 Å². The molecule has 3 aromatic rings. The number of nitrogens with zero attached hydrogens (tertiary/aromatic N) is 3. The van der Waals surface area contributed by atoms with Gasteiger partial charge in [0.2, 0.25) is 11.2 Å². The Hall–Kier alpha value is -2.91. The van der Waals surface area contributed by atoms with Gasteiger partial charge in [-0.1, -0.05) is 50.1 Å². The van der Waals surface area contributed by atoms with Crippen LogP contribution in [0.15, 0.2) is 39.9 Å². The lowest BCUT2D eigenvalue weighted by atomic mass is 10.1. The van der Waals surface area contributed by atoms with Crippen molar-refractivity contribution >= 4 is 28.7 Å². The Balaban J connectivity index is 1.56. The molecule has 0 unspecified atom stereocenters. The molecule has 1 aromatic carbocycles. The van der Waals surface area contributed by atoms with Crippen LogP contribution in [-0.2, 0) is 29.0 Å². The summed E-state index contributed by atoms with van der Waals surface area (Å²) in [5.74, 6) is -0.249. The fourth-order valence-corrected chi connectivity index (χ4v) is 3.59. The highest BCUT2D eigenvalue weighted by molar-refractivity contribution is 6.28. The molecule has 0 fully saturated rings. The van der Waals surface area contributed by atoms with Crippen molar-refractivity contribution in [2.75, 3.05) is 19.8 Å². The molecule has 0 saturated carbocycles. The van der Waals surface area contributed by atoms with Gasteiger partial charge in [-0.05, 0) is 30.0 Å². The third-order valence-electron chi connectivity index (χ3n) is 5.09. The van der Waals surface area contributed by atoms with E-state index in [9.17, 15) is 14.4 Å². The molecule has 2 aromatic heterocycles. The SMILES string of the molecule is CCCCCn1c(=O)n(CCOCC(=O)NCCc2ccccc2)c(=O)c2[nH]c(Cl)nc21. The van der Waals surface area contributed by atoms with Crippen molar-refractivity contribution in [1.29, 1.82) is 0 Å². The number of aromatic amines is 1. The fraction of sp³-hybridized carbons (Fsp3) is 0.455. The number of fused-ring (bicyclic) bond motifs is 1. The molecular weight excluding hydrogens is 434 g/mol. The van der Waals surface area contributed by atoms with E-state index in [-0.39, 0.29) is 42.1 Å². The Labute approximate surface area is 190 Å². The first-order valence-corrected chi connectivity index (χ1v) is 11.2. The van der Waals surface area contributed by atoms with E-state index in [1.807, 2.05) is 30.3 Å². The summed E-state index contributed by atoms with van der Waals surface area (Å²) in [5, 5.41) is 2.85. The molecule has 0 atom stereocenters. The molecular formula is C22H28ClN5O4. The number of aryl methyl sites for hydroxylation is 1. The Morgan fingerprint density at radius 3 is 2.69 bits per heavy atom. The zero-order chi connectivity index (χ0) is 22.9. The second-order valence-corrected chi connectivity index (χ2v) is 7.82. The number of nitrogens with one attached hydrogen (secondary N) is 2. The summed E-state index contributed by atoms with van der Waals surface area (Å²) in [6.45, 7) is 2.94. The summed E-state index contributed by atoms with van der Waals surface area (Å²) in [5.41, 5.74) is 0.614. The molecule has 172 valence electrons. The van der Waals surface area contributed by atoms with Crippen molar-refractivity contribution in [3.05, 3.63) is 62.0 Å². The van der Waals surface area contributed by atoms with E-state index < -0.39 is 11.2 Å². The molecule has 0 aliphatic carbocycles. The maximum atomic E-state index is 12.9.